The molecule has 0 aliphatic heterocycles. The van der Waals surface area contributed by atoms with Gasteiger partial charge in [-0.1, -0.05) is 72.8 Å². The van der Waals surface area contributed by atoms with Crippen molar-refractivity contribution in [1.29, 1.82) is 0 Å². The van der Waals surface area contributed by atoms with Gasteiger partial charge in [0.1, 0.15) is 5.75 Å². The first-order valence-corrected chi connectivity index (χ1v) is 10.5. The zero-order valence-corrected chi connectivity index (χ0v) is 17.4. The van der Waals surface area contributed by atoms with Crippen LogP contribution in [-0.2, 0) is 0 Å². The molecule has 0 saturated heterocycles. The zero-order chi connectivity index (χ0) is 21.8. The quantitative estimate of drug-likeness (QED) is 0.308. The molecule has 1 radical (unpaired) electrons. The summed E-state index contributed by atoms with van der Waals surface area (Å²) < 4.78 is 5.06. The highest BCUT2D eigenvalue weighted by molar-refractivity contribution is 6.17. The lowest BCUT2D eigenvalue weighted by Crippen LogP contribution is -2.10. The molecule has 0 atom stereocenters. The Morgan fingerprint density at radius 2 is 1.16 bits per heavy atom. The van der Waals surface area contributed by atoms with Crippen molar-refractivity contribution in [3.8, 4) is 16.9 Å². The molecule has 4 heteroatoms. The van der Waals surface area contributed by atoms with E-state index in [1.165, 1.54) is 21.9 Å². The van der Waals surface area contributed by atoms with E-state index in [2.05, 4.69) is 83.8 Å². The minimum absolute atomic E-state index is 0.579. The number of rotatable bonds is 6. The summed E-state index contributed by atoms with van der Waals surface area (Å²) in [5, 5.41) is 11.4. The molecule has 32 heavy (non-hydrogen) atoms. The molecule has 3 nitrogen and oxygen atoms in total. The van der Waals surface area contributed by atoms with Crippen LogP contribution in [0, 0.1) is 0 Å². The maximum absolute atomic E-state index is 8.88. The molecular weight excluding hydrogens is 393 g/mol. The summed E-state index contributed by atoms with van der Waals surface area (Å²) in [7, 11) is 0.690. The van der Waals surface area contributed by atoms with Crippen LogP contribution in [0.2, 0.25) is 0 Å². The number of hydrogen-bond acceptors (Lipinski definition) is 3. The van der Waals surface area contributed by atoms with Gasteiger partial charge < -0.3 is 14.6 Å². The Kier molecular flexibility index (Phi) is 5.60. The number of benzene rings is 5. The van der Waals surface area contributed by atoms with Crippen LogP contribution in [0.15, 0.2) is 121 Å². The third kappa shape index (κ3) is 3.96. The second-order valence-electron chi connectivity index (χ2n) is 7.46. The fourth-order valence-electron chi connectivity index (χ4n) is 4.03. The Bertz CT molecular complexity index is 1310. The van der Waals surface area contributed by atoms with Crippen LogP contribution in [0.1, 0.15) is 0 Å². The fourth-order valence-corrected chi connectivity index (χ4v) is 4.03. The van der Waals surface area contributed by atoms with Crippen molar-refractivity contribution in [2.75, 3.05) is 4.90 Å². The van der Waals surface area contributed by atoms with Gasteiger partial charge >= 0.3 is 7.69 Å². The molecule has 0 spiro atoms. The van der Waals surface area contributed by atoms with Gasteiger partial charge in [-0.3, -0.25) is 0 Å². The maximum Gasteiger partial charge on any atom is 0.569 e. The SMILES string of the molecule is O[B]Oc1ccc(N(c2ccccc2)c2ccc(-c3cccc4ccccc34)cc2)cc1. The molecule has 5 rings (SSSR count). The van der Waals surface area contributed by atoms with E-state index in [-0.39, 0.29) is 0 Å². The van der Waals surface area contributed by atoms with Gasteiger partial charge in [0.05, 0.1) is 0 Å². The van der Waals surface area contributed by atoms with E-state index in [4.69, 9.17) is 9.68 Å². The van der Waals surface area contributed by atoms with E-state index in [1.807, 2.05) is 42.5 Å². The second-order valence-corrected chi connectivity index (χ2v) is 7.46. The molecule has 0 aromatic heterocycles. The van der Waals surface area contributed by atoms with E-state index in [0.717, 1.165) is 17.1 Å². The standard InChI is InChI=1S/C28H21BNO2/c31-29-32-26-19-17-25(18-20-26)30(23-9-2-1-3-10-23)24-15-13-22(14-16-24)28-12-6-8-21-7-4-5-11-27(21)28/h1-20,31H. The second kappa shape index (κ2) is 9.00. The van der Waals surface area contributed by atoms with E-state index in [9.17, 15) is 0 Å². The summed E-state index contributed by atoms with van der Waals surface area (Å²) in [6.07, 6.45) is 0. The van der Waals surface area contributed by atoms with E-state index >= 15 is 0 Å². The van der Waals surface area contributed by atoms with Crippen molar-refractivity contribution in [3.63, 3.8) is 0 Å². The van der Waals surface area contributed by atoms with E-state index < -0.39 is 0 Å². The van der Waals surface area contributed by atoms with Crippen LogP contribution < -0.4 is 9.55 Å². The normalized spacial score (nSPS) is 10.7. The first-order valence-electron chi connectivity index (χ1n) is 10.5. The summed E-state index contributed by atoms with van der Waals surface area (Å²) in [6, 6.07) is 41.4. The highest BCUT2D eigenvalue weighted by Gasteiger charge is 2.13. The van der Waals surface area contributed by atoms with Gasteiger partial charge in [0.25, 0.3) is 0 Å². The van der Waals surface area contributed by atoms with Crippen molar-refractivity contribution in [2.45, 2.75) is 0 Å². The summed E-state index contributed by atoms with van der Waals surface area (Å²) in [5.74, 6) is 0.579. The van der Waals surface area contributed by atoms with Gasteiger partial charge in [-0.15, -0.1) is 0 Å². The average molecular weight is 414 g/mol. The monoisotopic (exact) mass is 414 g/mol. The molecule has 153 valence electrons. The maximum atomic E-state index is 8.88. The average Bonchev–Trinajstić information content (AvgIpc) is 2.86. The lowest BCUT2D eigenvalue weighted by atomic mass is 9.98. The molecule has 0 heterocycles. The zero-order valence-electron chi connectivity index (χ0n) is 17.4. The predicted octanol–water partition coefficient (Wildman–Crippen LogP) is 6.88. The number of para-hydroxylation sites is 1. The molecule has 0 bridgehead atoms. The number of hydrogen-bond donors (Lipinski definition) is 1. The lowest BCUT2D eigenvalue weighted by molar-refractivity contribution is 0.454. The van der Waals surface area contributed by atoms with Gasteiger partial charge in [-0.05, 0) is 70.4 Å². The van der Waals surface area contributed by atoms with Crippen LogP contribution in [-0.4, -0.2) is 12.7 Å². The minimum Gasteiger partial charge on any atom is -0.537 e. The molecule has 5 aromatic rings. The number of nitrogens with zero attached hydrogens (tertiary/aromatic N) is 1. The topological polar surface area (TPSA) is 32.7 Å². The first-order chi connectivity index (χ1) is 15.8. The summed E-state index contributed by atoms with van der Waals surface area (Å²) in [4.78, 5) is 2.19. The Morgan fingerprint density at radius 3 is 1.88 bits per heavy atom. The van der Waals surface area contributed by atoms with Gasteiger partial charge in [0.15, 0.2) is 0 Å². The van der Waals surface area contributed by atoms with E-state index in [0.29, 0.717) is 13.4 Å². The van der Waals surface area contributed by atoms with Crippen molar-refractivity contribution < 1.29 is 9.68 Å². The van der Waals surface area contributed by atoms with Crippen molar-refractivity contribution >= 4 is 35.5 Å². The highest BCUT2D eigenvalue weighted by atomic mass is 16.5. The molecule has 0 aliphatic carbocycles. The van der Waals surface area contributed by atoms with Gasteiger partial charge in [-0.25, -0.2) is 0 Å². The Balaban J connectivity index is 1.55. The summed E-state index contributed by atoms with van der Waals surface area (Å²) in [5.41, 5.74) is 5.53. The van der Waals surface area contributed by atoms with Gasteiger partial charge in [0, 0.05) is 17.1 Å². The first kappa shape index (κ1) is 19.9. The largest absolute Gasteiger partial charge is 0.569 e. The Hall–Kier alpha value is -4.02. The molecule has 5 aromatic carbocycles. The minimum atomic E-state index is 0.579. The van der Waals surface area contributed by atoms with E-state index in [1.54, 1.807) is 0 Å². The van der Waals surface area contributed by atoms with Gasteiger partial charge in [-0.2, -0.15) is 0 Å². The number of fused-ring (bicyclic) bond motifs is 1. The third-order valence-electron chi connectivity index (χ3n) is 5.52. The molecule has 0 fully saturated rings. The molecule has 0 amide bonds. The summed E-state index contributed by atoms with van der Waals surface area (Å²) >= 11 is 0. The third-order valence-corrected chi connectivity index (χ3v) is 5.52. The van der Waals surface area contributed by atoms with Crippen molar-refractivity contribution in [1.82, 2.24) is 0 Å². The molecule has 0 unspecified atom stereocenters. The lowest BCUT2D eigenvalue weighted by Gasteiger charge is -2.26. The van der Waals surface area contributed by atoms with Crippen LogP contribution in [0.25, 0.3) is 21.9 Å². The molecular formula is C28H21BNO2. The smallest absolute Gasteiger partial charge is 0.537 e. The summed E-state index contributed by atoms with van der Waals surface area (Å²) in [6.45, 7) is 0. The fraction of sp³-hybridized carbons (Fsp3) is 0. The predicted molar refractivity (Wildman–Crippen MR) is 133 cm³/mol. The molecule has 1 N–H and O–H groups in total. The number of anilines is 3. The van der Waals surface area contributed by atoms with Crippen molar-refractivity contribution in [3.05, 3.63) is 121 Å². The highest BCUT2D eigenvalue weighted by Crippen LogP contribution is 2.37. The van der Waals surface area contributed by atoms with Crippen LogP contribution >= 0.6 is 0 Å². The van der Waals surface area contributed by atoms with Crippen molar-refractivity contribution in [2.24, 2.45) is 0 Å². The van der Waals surface area contributed by atoms with Crippen LogP contribution in [0.3, 0.4) is 0 Å². The molecule has 0 saturated carbocycles. The molecule has 0 aliphatic rings. The van der Waals surface area contributed by atoms with Gasteiger partial charge in [0.2, 0.25) is 0 Å². The van der Waals surface area contributed by atoms with Crippen LogP contribution in [0.5, 0.6) is 5.75 Å². The van der Waals surface area contributed by atoms with Crippen LogP contribution in [0.4, 0.5) is 17.1 Å². The Morgan fingerprint density at radius 1 is 0.562 bits per heavy atom. The Labute approximate surface area is 188 Å².